The summed E-state index contributed by atoms with van der Waals surface area (Å²) in [4.78, 5) is 23.5. The number of allylic oxidation sites excluding steroid dienone is 5. The summed E-state index contributed by atoms with van der Waals surface area (Å²) in [6.07, 6.45) is 32.3. The van der Waals surface area contributed by atoms with Crippen molar-refractivity contribution in [3.05, 3.63) is 36.5 Å². The Labute approximate surface area is 387 Å². The van der Waals surface area contributed by atoms with Gasteiger partial charge in [0.25, 0.3) is 0 Å². The van der Waals surface area contributed by atoms with Gasteiger partial charge in [-0.3, -0.25) is 13.8 Å². The molecular formula is C50H94NO12P. The molecule has 8 atom stereocenters. The van der Waals surface area contributed by atoms with Crippen molar-refractivity contribution in [2.24, 2.45) is 0 Å². The SMILES string of the molecule is CCCCCCCCC/C=C/CC/C=C/CC/C=C/C(O)C(COP(=O)(O)OC1C(O)C(O)C(O)C(O)C1O)NC(=O)CC(O)CCCCCCCCCCCCCCCCCCC. The van der Waals surface area contributed by atoms with E-state index in [1.807, 2.05) is 0 Å². The maximum Gasteiger partial charge on any atom is 0.472 e. The minimum atomic E-state index is -5.15. The average molecular weight is 932 g/mol. The fourth-order valence-electron chi connectivity index (χ4n) is 8.04. The van der Waals surface area contributed by atoms with Gasteiger partial charge in [-0.05, 0) is 44.9 Å². The van der Waals surface area contributed by atoms with Crippen LogP contribution in [0.4, 0.5) is 0 Å². The second kappa shape index (κ2) is 39.5. The number of carbonyl (C=O) groups excluding carboxylic acids is 1. The lowest BCUT2D eigenvalue weighted by Crippen LogP contribution is -2.64. The van der Waals surface area contributed by atoms with E-state index in [1.54, 1.807) is 6.08 Å². The highest BCUT2D eigenvalue weighted by Gasteiger charge is 2.51. The fraction of sp³-hybridized carbons (Fsp3) is 0.860. The first-order valence-electron chi connectivity index (χ1n) is 25.5. The van der Waals surface area contributed by atoms with Crippen molar-refractivity contribution in [1.82, 2.24) is 5.32 Å². The number of hydrogen-bond acceptors (Lipinski definition) is 11. The van der Waals surface area contributed by atoms with E-state index in [2.05, 4.69) is 43.5 Å². The van der Waals surface area contributed by atoms with Crippen molar-refractivity contribution in [3.63, 3.8) is 0 Å². The number of nitrogens with one attached hydrogen (secondary N) is 1. The van der Waals surface area contributed by atoms with Crippen LogP contribution in [0.15, 0.2) is 36.5 Å². The zero-order valence-corrected chi connectivity index (χ0v) is 40.8. The van der Waals surface area contributed by atoms with E-state index in [9.17, 15) is 50.0 Å². The molecule has 8 unspecified atom stereocenters. The Morgan fingerprint density at radius 3 is 1.38 bits per heavy atom. The zero-order chi connectivity index (χ0) is 47.3. The van der Waals surface area contributed by atoms with Crippen LogP contribution in [0.2, 0.25) is 0 Å². The van der Waals surface area contributed by atoms with Gasteiger partial charge in [0.15, 0.2) is 0 Å². The molecule has 14 heteroatoms. The van der Waals surface area contributed by atoms with Crippen molar-refractivity contribution >= 4 is 13.7 Å². The lowest BCUT2D eigenvalue weighted by molar-refractivity contribution is -0.220. The van der Waals surface area contributed by atoms with Gasteiger partial charge in [-0.1, -0.05) is 198 Å². The molecule has 0 bridgehead atoms. The van der Waals surface area contributed by atoms with Crippen LogP contribution in [0.3, 0.4) is 0 Å². The zero-order valence-electron chi connectivity index (χ0n) is 39.9. The molecule has 0 aromatic carbocycles. The summed E-state index contributed by atoms with van der Waals surface area (Å²) < 4.78 is 22.9. The Morgan fingerprint density at radius 1 is 0.547 bits per heavy atom. The van der Waals surface area contributed by atoms with Crippen LogP contribution in [0.25, 0.3) is 0 Å². The monoisotopic (exact) mass is 932 g/mol. The molecule has 9 N–H and O–H groups in total. The normalized spacial score (nSPS) is 23.0. The number of phosphoric acid groups is 1. The average Bonchev–Trinajstić information content (AvgIpc) is 3.27. The third kappa shape index (κ3) is 30.7. The minimum Gasteiger partial charge on any atom is -0.393 e. The third-order valence-corrected chi connectivity index (χ3v) is 13.2. The first-order chi connectivity index (χ1) is 30.8. The van der Waals surface area contributed by atoms with Crippen LogP contribution >= 0.6 is 7.82 Å². The summed E-state index contributed by atoms with van der Waals surface area (Å²) >= 11 is 0. The molecule has 1 saturated carbocycles. The number of aliphatic hydroxyl groups is 7. The van der Waals surface area contributed by atoms with Gasteiger partial charge in [0, 0.05) is 0 Å². The van der Waals surface area contributed by atoms with Gasteiger partial charge in [-0.25, -0.2) is 4.57 Å². The number of unbranched alkanes of at least 4 members (excludes halogenated alkanes) is 25. The molecular weight excluding hydrogens is 838 g/mol. The Kier molecular flexibility index (Phi) is 37.4. The maximum absolute atomic E-state index is 13.0. The second-order valence-electron chi connectivity index (χ2n) is 18.2. The summed E-state index contributed by atoms with van der Waals surface area (Å²) in [6.45, 7) is 3.74. The van der Waals surface area contributed by atoms with E-state index in [1.165, 1.54) is 134 Å². The maximum atomic E-state index is 13.0. The first kappa shape index (κ1) is 60.5. The topological polar surface area (TPSA) is 226 Å². The smallest absolute Gasteiger partial charge is 0.393 e. The Balaban J connectivity index is 2.53. The van der Waals surface area contributed by atoms with Crippen LogP contribution < -0.4 is 5.32 Å². The van der Waals surface area contributed by atoms with Gasteiger partial charge >= 0.3 is 7.82 Å². The quantitative estimate of drug-likeness (QED) is 0.0159. The van der Waals surface area contributed by atoms with Gasteiger partial charge in [-0.2, -0.15) is 0 Å². The van der Waals surface area contributed by atoms with Gasteiger partial charge in [0.05, 0.1) is 31.3 Å². The Hall–Kier alpha value is -1.48. The number of rotatable bonds is 42. The molecule has 1 aliphatic rings. The molecule has 1 amide bonds. The van der Waals surface area contributed by atoms with E-state index >= 15 is 0 Å². The number of carbonyl (C=O) groups is 1. The van der Waals surface area contributed by atoms with E-state index in [-0.39, 0.29) is 6.42 Å². The highest BCUT2D eigenvalue weighted by Crippen LogP contribution is 2.47. The van der Waals surface area contributed by atoms with E-state index in [0.29, 0.717) is 19.3 Å². The van der Waals surface area contributed by atoms with Crippen LogP contribution in [-0.4, -0.2) is 108 Å². The van der Waals surface area contributed by atoms with Crippen LogP contribution in [0.1, 0.15) is 213 Å². The number of hydrogen-bond donors (Lipinski definition) is 9. The summed E-state index contributed by atoms with van der Waals surface area (Å²) in [7, 11) is -5.15. The molecule has 64 heavy (non-hydrogen) atoms. The molecule has 0 spiro atoms. The summed E-state index contributed by atoms with van der Waals surface area (Å²) in [5.41, 5.74) is 0. The highest BCUT2D eigenvalue weighted by atomic mass is 31.2. The number of amides is 1. The van der Waals surface area contributed by atoms with Crippen molar-refractivity contribution < 1.29 is 59.0 Å². The fourth-order valence-corrected chi connectivity index (χ4v) is 9.00. The first-order valence-corrected chi connectivity index (χ1v) is 27.0. The highest BCUT2D eigenvalue weighted by molar-refractivity contribution is 7.47. The third-order valence-electron chi connectivity index (χ3n) is 12.2. The van der Waals surface area contributed by atoms with Gasteiger partial charge in [0.2, 0.25) is 5.91 Å². The Morgan fingerprint density at radius 2 is 0.922 bits per heavy atom. The van der Waals surface area contributed by atoms with Crippen LogP contribution in [0, 0.1) is 0 Å². The second-order valence-corrected chi connectivity index (χ2v) is 19.6. The van der Waals surface area contributed by atoms with Crippen molar-refractivity contribution in [1.29, 1.82) is 0 Å². The van der Waals surface area contributed by atoms with Gasteiger partial charge < -0.3 is 46.0 Å². The van der Waals surface area contributed by atoms with E-state index < -0.39 is 75.2 Å². The molecule has 0 saturated heterocycles. The molecule has 0 aromatic heterocycles. The van der Waals surface area contributed by atoms with E-state index in [4.69, 9.17) is 9.05 Å². The summed E-state index contributed by atoms with van der Waals surface area (Å²) in [5.74, 6) is -0.605. The predicted octanol–water partition coefficient (Wildman–Crippen LogP) is 9.31. The molecule has 0 radical (unpaired) electrons. The lowest BCUT2D eigenvalue weighted by Gasteiger charge is -2.41. The predicted molar refractivity (Wildman–Crippen MR) is 257 cm³/mol. The van der Waals surface area contributed by atoms with Crippen molar-refractivity contribution in [3.8, 4) is 0 Å². The molecule has 13 nitrogen and oxygen atoms in total. The van der Waals surface area contributed by atoms with Crippen LogP contribution in [-0.2, 0) is 18.4 Å². The molecule has 1 fully saturated rings. The van der Waals surface area contributed by atoms with Crippen LogP contribution in [0.5, 0.6) is 0 Å². The van der Waals surface area contributed by atoms with Gasteiger partial charge in [-0.15, -0.1) is 0 Å². The molecule has 0 heterocycles. The standard InChI is InChI=1S/C50H94NO12P/c1-3-5-7-9-11-13-15-17-19-21-23-25-27-29-31-33-35-37-41(52)39-44(54)51-42(40-62-64(60,61)63-50-48(58)46(56)45(55)47(57)49(50)59)43(53)38-36-34-32-30-28-26-24-22-20-18-16-14-12-10-8-6-4-2/h20,22,28,30,36,38,41-43,45-50,52-53,55-59H,3-19,21,23-27,29,31-35,37,39-40H2,1-2H3,(H,51,54)(H,60,61)/b22-20+,30-28+,38-36+. The number of phosphoric ester groups is 1. The van der Waals surface area contributed by atoms with Crippen molar-refractivity contribution in [2.45, 2.75) is 268 Å². The summed E-state index contributed by atoms with van der Waals surface area (Å²) in [5, 5.41) is 74.6. The molecule has 376 valence electrons. The van der Waals surface area contributed by atoms with Crippen molar-refractivity contribution in [2.75, 3.05) is 6.61 Å². The van der Waals surface area contributed by atoms with Gasteiger partial charge in [0.1, 0.15) is 36.6 Å². The summed E-state index contributed by atoms with van der Waals surface area (Å²) in [6, 6.07) is -1.26. The number of aliphatic hydroxyl groups excluding tert-OH is 7. The minimum absolute atomic E-state index is 0.253. The van der Waals surface area contributed by atoms with E-state index in [0.717, 1.165) is 44.9 Å². The molecule has 1 rings (SSSR count). The molecule has 0 aromatic rings. The lowest BCUT2D eigenvalue weighted by atomic mass is 9.85. The Bertz CT molecular complexity index is 1240. The largest absolute Gasteiger partial charge is 0.472 e. The molecule has 1 aliphatic carbocycles. The molecule has 0 aliphatic heterocycles.